The molecule has 0 saturated carbocycles. The van der Waals surface area contributed by atoms with Gasteiger partial charge < -0.3 is 20.1 Å². The molecule has 6 nitrogen and oxygen atoms in total. The summed E-state index contributed by atoms with van der Waals surface area (Å²) in [5.74, 6) is 1.08. The van der Waals surface area contributed by atoms with E-state index in [1.165, 1.54) is 0 Å². The van der Waals surface area contributed by atoms with Crippen LogP contribution < -0.4 is 5.73 Å². The maximum Gasteiger partial charge on any atom is 0.255 e. The Morgan fingerprint density at radius 2 is 2.44 bits per heavy atom. The number of ether oxygens (including phenoxy) is 1. The maximum absolute atomic E-state index is 9.62. The summed E-state index contributed by atoms with van der Waals surface area (Å²) in [4.78, 5) is 4.19. The molecule has 1 unspecified atom stereocenters. The lowest BCUT2D eigenvalue weighted by Crippen LogP contribution is -2.16. The van der Waals surface area contributed by atoms with E-state index in [1.54, 1.807) is 0 Å². The van der Waals surface area contributed by atoms with Crippen LogP contribution in [0.1, 0.15) is 43.0 Å². The molecule has 1 aromatic heterocycles. The van der Waals surface area contributed by atoms with E-state index in [1.807, 2.05) is 0 Å². The minimum atomic E-state index is -0.754. The van der Waals surface area contributed by atoms with Gasteiger partial charge in [-0.2, -0.15) is 4.98 Å². The van der Waals surface area contributed by atoms with Gasteiger partial charge in [-0.3, -0.25) is 0 Å². The molecule has 0 bridgehead atoms. The van der Waals surface area contributed by atoms with Gasteiger partial charge in [0.2, 0.25) is 0 Å². The highest BCUT2D eigenvalue weighted by atomic mass is 16.5. The standard InChI is InChI=1S/C10H17N3O3/c11-4-3-8(14)10-12-9(13-16-10)7-2-1-5-15-6-7/h7-8,14H,1-6,11H2/t7?,8-/m0/s1. The molecule has 90 valence electrons. The summed E-state index contributed by atoms with van der Waals surface area (Å²) in [6.45, 7) is 1.83. The number of aliphatic hydroxyl groups excluding tert-OH is 1. The second-order valence-corrected chi connectivity index (χ2v) is 4.00. The van der Waals surface area contributed by atoms with Crippen molar-refractivity contribution in [2.75, 3.05) is 19.8 Å². The topological polar surface area (TPSA) is 94.4 Å². The van der Waals surface area contributed by atoms with Gasteiger partial charge in [0.25, 0.3) is 5.89 Å². The Kier molecular flexibility index (Phi) is 3.87. The third-order valence-electron chi connectivity index (χ3n) is 2.71. The number of aliphatic hydroxyl groups is 1. The molecular weight excluding hydrogens is 210 g/mol. The minimum Gasteiger partial charge on any atom is -0.383 e. The first-order valence-corrected chi connectivity index (χ1v) is 5.60. The van der Waals surface area contributed by atoms with E-state index in [4.69, 9.17) is 15.0 Å². The van der Waals surface area contributed by atoms with Crippen LogP contribution >= 0.6 is 0 Å². The predicted molar refractivity (Wildman–Crippen MR) is 55.7 cm³/mol. The average Bonchev–Trinajstić information content (AvgIpc) is 2.80. The third-order valence-corrected chi connectivity index (χ3v) is 2.71. The number of nitrogens with zero attached hydrogens (tertiary/aromatic N) is 2. The SMILES string of the molecule is NCC[C@H](O)c1nc(C2CCCOC2)no1. The summed E-state index contributed by atoms with van der Waals surface area (Å²) in [6, 6.07) is 0. The van der Waals surface area contributed by atoms with Gasteiger partial charge in [-0.1, -0.05) is 5.16 Å². The Bertz CT molecular complexity index is 323. The van der Waals surface area contributed by atoms with Crippen LogP contribution in [0.5, 0.6) is 0 Å². The molecule has 1 aromatic rings. The number of nitrogens with two attached hydrogens (primary N) is 1. The molecule has 0 aromatic carbocycles. The molecule has 2 atom stereocenters. The highest BCUT2D eigenvalue weighted by Crippen LogP contribution is 2.24. The van der Waals surface area contributed by atoms with Gasteiger partial charge in [0.15, 0.2) is 5.82 Å². The van der Waals surface area contributed by atoms with E-state index >= 15 is 0 Å². The number of hydrogen-bond donors (Lipinski definition) is 2. The van der Waals surface area contributed by atoms with Gasteiger partial charge in [0.1, 0.15) is 6.10 Å². The fourth-order valence-electron chi connectivity index (χ4n) is 1.77. The fraction of sp³-hybridized carbons (Fsp3) is 0.800. The van der Waals surface area contributed by atoms with Crippen molar-refractivity contribution in [1.29, 1.82) is 0 Å². The van der Waals surface area contributed by atoms with Crippen molar-refractivity contribution in [3.63, 3.8) is 0 Å². The molecule has 2 heterocycles. The third kappa shape index (κ3) is 2.58. The monoisotopic (exact) mass is 227 g/mol. The van der Waals surface area contributed by atoms with Crippen LogP contribution in [0.15, 0.2) is 4.52 Å². The maximum atomic E-state index is 9.62. The first kappa shape index (κ1) is 11.5. The largest absolute Gasteiger partial charge is 0.383 e. The molecule has 1 fully saturated rings. The first-order valence-electron chi connectivity index (χ1n) is 5.60. The van der Waals surface area contributed by atoms with Gasteiger partial charge in [0.05, 0.1) is 6.61 Å². The van der Waals surface area contributed by atoms with Crippen LogP contribution in [0.4, 0.5) is 0 Å². The Balaban J connectivity index is 2.00. The second kappa shape index (κ2) is 5.38. The smallest absolute Gasteiger partial charge is 0.255 e. The fourth-order valence-corrected chi connectivity index (χ4v) is 1.77. The Hall–Kier alpha value is -0.980. The molecule has 6 heteroatoms. The van der Waals surface area contributed by atoms with Crippen LogP contribution in [-0.4, -0.2) is 35.0 Å². The second-order valence-electron chi connectivity index (χ2n) is 4.00. The molecule has 0 spiro atoms. The summed E-state index contributed by atoms with van der Waals surface area (Å²) >= 11 is 0. The van der Waals surface area contributed by atoms with Crippen LogP contribution in [0.2, 0.25) is 0 Å². The molecule has 1 aliphatic rings. The van der Waals surface area contributed by atoms with Gasteiger partial charge >= 0.3 is 0 Å². The van der Waals surface area contributed by atoms with E-state index in [0.29, 0.717) is 25.4 Å². The van der Waals surface area contributed by atoms with E-state index in [-0.39, 0.29) is 11.8 Å². The van der Waals surface area contributed by atoms with Crippen molar-refractivity contribution < 1.29 is 14.4 Å². The molecule has 2 rings (SSSR count). The summed E-state index contributed by atoms with van der Waals surface area (Å²) in [7, 11) is 0. The molecule has 1 saturated heterocycles. The van der Waals surface area contributed by atoms with Gasteiger partial charge in [-0.05, 0) is 25.8 Å². The van der Waals surface area contributed by atoms with Crippen LogP contribution in [0, 0.1) is 0 Å². The minimum absolute atomic E-state index is 0.191. The van der Waals surface area contributed by atoms with Crippen molar-refractivity contribution in [3.8, 4) is 0 Å². The Morgan fingerprint density at radius 1 is 1.56 bits per heavy atom. The molecule has 0 aliphatic carbocycles. The molecule has 0 amide bonds. The zero-order chi connectivity index (χ0) is 11.4. The van der Waals surface area contributed by atoms with E-state index in [0.717, 1.165) is 19.4 Å². The van der Waals surface area contributed by atoms with Crippen LogP contribution in [0.25, 0.3) is 0 Å². The lowest BCUT2D eigenvalue weighted by molar-refractivity contribution is 0.0773. The highest BCUT2D eigenvalue weighted by molar-refractivity contribution is 4.98. The molecule has 16 heavy (non-hydrogen) atoms. The van der Waals surface area contributed by atoms with Crippen molar-refractivity contribution in [3.05, 3.63) is 11.7 Å². The summed E-state index contributed by atoms with van der Waals surface area (Å²) in [5.41, 5.74) is 5.35. The van der Waals surface area contributed by atoms with Crippen LogP contribution in [0.3, 0.4) is 0 Å². The predicted octanol–water partition coefficient (Wildman–Crippen LogP) is 0.346. The van der Waals surface area contributed by atoms with E-state index < -0.39 is 6.10 Å². The van der Waals surface area contributed by atoms with Crippen molar-refractivity contribution >= 4 is 0 Å². The normalized spacial score (nSPS) is 23.2. The zero-order valence-corrected chi connectivity index (χ0v) is 9.13. The lowest BCUT2D eigenvalue weighted by Gasteiger charge is -2.18. The van der Waals surface area contributed by atoms with Gasteiger partial charge in [-0.25, -0.2) is 0 Å². The number of hydrogen-bond acceptors (Lipinski definition) is 6. The number of aromatic nitrogens is 2. The molecule has 3 N–H and O–H groups in total. The Morgan fingerprint density at radius 3 is 3.12 bits per heavy atom. The highest BCUT2D eigenvalue weighted by Gasteiger charge is 2.23. The van der Waals surface area contributed by atoms with E-state index in [2.05, 4.69) is 10.1 Å². The zero-order valence-electron chi connectivity index (χ0n) is 9.13. The van der Waals surface area contributed by atoms with Gasteiger partial charge in [-0.15, -0.1) is 0 Å². The van der Waals surface area contributed by atoms with Crippen molar-refractivity contribution in [2.45, 2.75) is 31.3 Å². The van der Waals surface area contributed by atoms with Crippen LogP contribution in [-0.2, 0) is 4.74 Å². The average molecular weight is 227 g/mol. The molecule has 0 radical (unpaired) electrons. The molecule has 1 aliphatic heterocycles. The van der Waals surface area contributed by atoms with Crippen molar-refractivity contribution in [2.24, 2.45) is 5.73 Å². The van der Waals surface area contributed by atoms with E-state index in [9.17, 15) is 5.11 Å². The number of rotatable bonds is 4. The Labute approximate surface area is 93.8 Å². The quantitative estimate of drug-likeness (QED) is 0.770. The summed E-state index contributed by atoms with van der Waals surface area (Å²) in [5, 5.41) is 13.5. The summed E-state index contributed by atoms with van der Waals surface area (Å²) in [6.07, 6.45) is 1.70. The first-order chi connectivity index (χ1) is 7.81. The summed E-state index contributed by atoms with van der Waals surface area (Å²) < 4.78 is 10.4. The molecular formula is C10H17N3O3. The van der Waals surface area contributed by atoms with Crippen molar-refractivity contribution in [1.82, 2.24) is 10.1 Å². The van der Waals surface area contributed by atoms with Gasteiger partial charge in [0, 0.05) is 12.5 Å². The lowest BCUT2D eigenvalue weighted by atomic mass is 10.0.